The molecule has 6 aromatic rings. The highest BCUT2D eigenvalue weighted by atomic mass is 31.0. The van der Waals surface area contributed by atoms with Crippen LogP contribution in [0.4, 0.5) is 4.39 Å². The van der Waals surface area contributed by atoms with Gasteiger partial charge in [-0.05, 0) is 47.9 Å². The topological polar surface area (TPSA) is 99.3 Å². The van der Waals surface area contributed by atoms with Crippen LogP contribution < -0.4 is 0 Å². The van der Waals surface area contributed by atoms with Crippen LogP contribution >= 0.6 is 9.24 Å². The van der Waals surface area contributed by atoms with Crippen LogP contribution in [0.15, 0.2) is 73.4 Å². The van der Waals surface area contributed by atoms with E-state index in [-0.39, 0.29) is 0 Å². The van der Waals surface area contributed by atoms with E-state index in [1.54, 1.807) is 18.6 Å². The van der Waals surface area contributed by atoms with Gasteiger partial charge in [0.2, 0.25) is 0 Å². The third-order valence-corrected chi connectivity index (χ3v) is 7.49. The number of alkyl halides is 1. The molecule has 1 saturated heterocycles. The van der Waals surface area contributed by atoms with Gasteiger partial charge < -0.3 is 4.98 Å². The number of hydrogen-bond acceptors (Lipinski definition) is 6. The molecule has 2 unspecified atom stereocenters. The van der Waals surface area contributed by atoms with E-state index in [2.05, 4.69) is 62.5 Å². The summed E-state index contributed by atoms with van der Waals surface area (Å²) in [7, 11) is 2.34. The predicted octanol–water partition coefficient (Wildman–Crippen LogP) is 5.37. The number of nitrogens with zero attached hydrogens (tertiary/aromatic N) is 6. The Bertz CT molecular complexity index is 1780. The first-order valence-electron chi connectivity index (χ1n) is 12.4. The first kappa shape index (κ1) is 23.1. The fourth-order valence-electron chi connectivity index (χ4n) is 5.15. The normalized spacial score (nSPS) is 18.1. The molecule has 0 radical (unpaired) electrons. The summed E-state index contributed by atoms with van der Waals surface area (Å²) in [6.45, 7) is 1.80. The van der Waals surface area contributed by atoms with Gasteiger partial charge in [-0.2, -0.15) is 5.10 Å². The van der Waals surface area contributed by atoms with Crippen molar-refractivity contribution in [2.45, 2.75) is 18.4 Å². The Labute approximate surface area is 220 Å². The quantitative estimate of drug-likeness (QED) is 0.295. The Balaban J connectivity index is 1.24. The lowest BCUT2D eigenvalue weighted by molar-refractivity contribution is 0.257. The van der Waals surface area contributed by atoms with E-state index in [4.69, 9.17) is 4.98 Å². The van der Waals surface area contributed by atoms with Crippen molar-refractivity contribution >= 4 is 31.3 Å². The summed E-state index contributed by atoms with van der Waals surface area (Å²) in [5.74, 6) is 0.691. The SMILES string of the molecule is FC1(P)CCN(Cc2cncc(-c3cnc4n[nH]c(-c5nc6c(-c7ccncc7)cccc6[nH]5)c4c3)c2)C1. The minimum atomic E-state index is -1.20. The van der Waals surface area contributed by atoms with Crippen LogP contribution in [-0.4, -0.2) is 58.5 Å². The highest BCUT2D eigenvalue weighted by Gasteiger charge is 2.33. The van der Waals surface area contributed by atoms with E-state index in [1.165, 1.54) is 0 Å². The molecule has 2 atom stereocenters. The summed E-state index contributed by atoms with van der Waals surface area (Å²) in [6, 6.07) is 14.2. The Morgan fingerprint density at radius 1 is 1.00 bits per heavy atom. The van der Waals surface area contributed by atoms with Crippen LogP contribution in [0.2, 0.25) is 0 Å². The van der Waals surface area contributed by atoms with Crippen LogP contribution in [-0.2, 0) is 6.54 Å². The lowest BCUT2D eigenvalue weighted by Gasteiger charge is -2.17. The van der Waals surface area contributed by atoms with Gasteiger partial charge in [0, 0.05) is 67.3 Å². The van der Waals surface area contributed by atoms with Crippen molar-refractivity contribution in [2.24, 2.45) is 0 Å². The summed E-state index contributed by atoms with van der Waals surface area (Å²) in [5.41, 5.74) is 8.19. The van der Waals surface area contributed by atoms with Crippen molar-refractivity contribution in [1.82, 2.24) is 40.0 Å². The Kier molecular flexibility index (Phi) is 5.49. The fourth-order valence-corrected chi connectivity index (χ4v) is 5.54. The van der Waals surface area contributed by atoms with Crippen molar-refractivity contribution in [3.8, 4) is 33.8 Å². The van der Waals surface area contributed by atoms with Gasteiger partial charge in [0.1, 0.15) is 11.1 Å². The number of hydrogen-bond donors (Lipinski definition) is 2. The molecule has 2 N–H and O–H groups in total. The van der Waals surface area contributed by atoms with E-state index in [1.807, 2.05) is 36.7 Å². The predicted molar refractivity (Wildman–Crippen MR) is 149 cm³/mol. The Morgan fingerprint density at radius 2 is 1.87 bits per heavy atom. The van der Waals surface area contributed by atoms with Gasteiger partial charge in [-0.25, -0.2) is 14.4 Å². The maximum Gasteiger partial charge on any atom is 0.181 e. The van der Waals surface area contributed by atoms with Gasteiger partial charge in [-0.15, -0.1) is 0 Å². The first-order chi connectivity index (χ1) is 18.5. The number of nitrogens with one attached hydrogen (secondary N) is 2. The zero-order chi connectivity index (χ0) is 25.7. The fraction of sp³-hybridized carbons (Fsp3) is 0.179. The second kappa shape index (κ2) is 9.04. The van der Waals surface area contributed by atoms with Crippen LogP contribution in [0, 0.1) is 0 Å². The van der Waals surface area contributed by atoms with Gasteiger partial charge in [0.25, 0.3) is 0 Å². The Morgan fingerprint density at radius 3 is 2.71 bits per heavy atom. The Hall–Kier alpha value is -4.07. The maximum absolute atomic E-state index is 14.3. The average Bonchev–Trinajstić information content (AvgIpc) is 3.64. The number of pyridine rings is 3. The molecule has 7 rings (SSSR count). The molecule has 10 heteroatoms. The first-order valence-corrected chi connectivity index (χ1v) is 13.0. The van der Waals surface area contributed by atoms with Crippen LogP contribution in [0.25, 0.3) is 55.8 Å². The number of halogens is 1. The number of imidazole rings is 1. The molecule has 0 aliphatic carbocycles. The number of benzene rings is 1. The number of aromatic nitrogens is 7. The van der Waals surface area contributed by atoms with Gasteiger partial charge in [-0.3, -0.25) is 20.0 Å². The van der Waals surface area contributed by atoms with Crippen molar-refractivity contribution in [1.29, 1.82) is 0 Å². The molecule has 1 aromatic carbocycles. The minimum Gasteiger partial charge on any atom is -0.337 e. The molecule has 6 heterocycles. The van der Waals surface area contributed by atoms with Gasteiger partial charge in [0.05, 0.1) is 16.4 Å². The van der Waals surface area contributed by atoms with Gasteiger partial charge >= 0.3 is 0 Å². The molecule has 0 bridgehead atoms. The summed E-state index contributed by atoms with van der Waals surface area (Å²) < 4.78 is 14.3. The van der Waals surface area contributed by atoms with Crippen molar-refractivity contribution < 1.29 is 4.39 Å². The smallest absolute Gasteiger partial charge is 0.181 e. The minimum absolute atomic E-state index is 0.411. The summed E-state index contributed by atoms with van der Waals surface area (Å²) >= 11 is 0. The number of para-hydroxylation sites is 1. The number of aromatic amines is 2. The number of fused-ring (bicyclic) bond motifs is 2. The third kappa shape index (κ3) is 4.23. The van der Waals surface area contributed by atoms with E-state index in [0.29, 0.717) is 31.0 Å². The van der Waals surface area contributed by atoms with Crippen LogP contribution in [0.1, 0.15) is 12.0 Å². The summed E-state index contributed by atoms with van der Waals surface area (Å²) in [4.78, 5) is 23.7. The largest absolute Gasteiger partial charge is 0.337 e. The zero-order valence-electron chi connectivity index (χ0n) is 20.4. The van der Waals surface area contributed by atoms with Crippen molar-refractivity contribution in [2.75, 3.05) is 13.1 Å². The van der Waals surface area contributed by atoms with E-state index < -0.39 is 5.41 Å². The van der Waals surface area contributed by atoms with Crippen molar-refractivity contribution in [3.05, 3.63) is 79.0 Å². The van der Waals surface area contributed by atoms with Gasteiger partial charge in [-0.1, -0.05) is 21.4 Å². The molecule has 1 aliphatic heterocycles. The molecular weight excluding hydrogens is 498 g/mol. The molecule has 0 spiro atoms. The zero-order valence-corrected chi connectivity index (χ0v) is 21.5. The second-order valence-electron chi connectivity index (χ2n) is 9.79. The van der Waals surface area contributed by atoms with E-state index in [0.717, 1.165) is 56.5 Å². The lowest BCUT2D eigenvalue weighted by atomic mass is 10.1. The molecule has 0 amide bonds. The molecule has 188 valence electrons. The molecule has 38 heavy (non-hydrogen) atoms. The van der Waals surface area contributed by atoms with E-state index >= 15 is 0 Å². The van der Waals surface area contributed by atoms with Crippen LogP contribution in [0.5, 0.6) is 0 Å². The highest BCUT2D eigenvalue weighted by molar-refractivity contribution is 7.18. The van der Waals surface area contributed by atoms with Gasteiger partial charge in [0.15, 0.2) is 11.5 Å². The third-order valence-electron chi connectivity index (χ3n) is 7.01. The lowest BCUT2D eigenvalue weighted by Crippen LogP contribution is -2.23. The number of likely N-dealkylation sites (tertiary alicyclic amines) is 1. The number of rotatable bonds is 5. The number of H-pyrrole nitrogens is 2. The monoisotopic (exact) mass is 522 g/mol. The molecule has 5 aromatic heterocycles. The van der Waals surface area contributed by atoms with E-state index in [9.17, 15) is 4.39 Å². The summed E-state index contributed by atoms with van der Waals surface area (Å²) in [6.07, 6.45) is 9.56. The maximum atomic E-state index is 14.3. The molecule has 1 fully saturated rings. The average molecular weight is 523 g/mol. The second-order valence-corrected chi connectivity index (χ2v) is 10.8. The highest BCUT2D eigenvalue weighted by Crippen LogP contribution is 2.34. The van der Waals surface area contributed by atoms with Crippen molar-refractivity contribution in [3.63, 3.8) is 0 Å². The van der Waals surface area contributed by atoms with Crippen LogP contribution in [0.3, 0.4) is 0 Å². The standard InChI is InChI=1S/C28H24FN8P/c29-28(38)6-9-37(16-28)15-17-10-19(13-31-12-17)20-11-22-25(35-36-26(22)32-14-20)27-33-23-3-1-2-21(24(23)34-27)18-4-7-30-8-5-18/h1-5,7-8,10-14H,6,9,15-16,38H2,(H,33,34)(H,32,35,36). The molecular formula is C28H24FN8P. The molecule has 8 nitrogen and oxygen atoms in total. The summed E-state index contributed by atoms with van der Waals surface area (Å²) in [5, 5.41) is 7.20. The molecule has 1 aliphatic rings. The molecule has 0 saturated carbocycles.